The summed E-state index contributed by atoms with van der Waals surface area (Å²) in [5, 5.41) is 33.2. The van der Waals surface area contributed by atoms with Crippen molar-refractivity contribution in [1.29, 1.82) is 0 Å². The fraction of sp³-hybridized carbons (Fsp3) is 0.0833. The summed E-state index contributed by atoms with van der Waals surface area (Å²) in [6, 6.07) is 3.38. The monoisotopic (exact) mass is 323 g/mol. The lowest BCUT2D eigenvalue weighted by molar-refractivity contribution is -0.137. The topological polar surface area (TPSA) is 146 Å². The van der Waals surface area contributed by atoms with Gasteiger partial charge >= 0.3 is 17.9 Å². The Balaban J connectivity index is 2.67. The number of benzene rings is 1. The zero-order chi connectivity index (χ0) is 16.4. The minimum Gasteiger partial charge on any atom is -0.480 e. The lowest BCUT2D eigenvalue weighted by Gasteiger charge is -2.06. The smallest absolute Gasteiger partial charge is 0.335 e. The Morgan fingerprint density at radius 1 is 1.09 bits per heavy atom. The molecular formula is C12H9N3O6S. The fourth-order valence-corrected chi connectivity index (χ4v) is 2.02. The van der Waals surface area contributed by atoms with Gasteiger partial charge in [-0.05, 0) is 30.4 Å². The molecule has 2 aromatic rings. The highest BCUT2D eigenvalue weighted by atomic mass is 32.1. The van der Waals surface area contributed by atoms with Crippen LogP contribution in [0.3, 0.4) is 0 Å². The van der Waals surface area contributed by atoms with Gasteiger partial charge in [0.2, 0.25) is 0 Å². The third-order valence-corrected chi connectivity index (χ3v) is 3.05. The summed E-state index contributed by atoms with van der Waals surface area (Å²) in [6.45, 7) is -0.496. The summed E-state index contributed by atoms with van der Waals surface area (Å²) in [5.41, 5.74) is -0.387. The first-order chi connectivity index (χ1) is 10.3. The number of carboxylic acids is 3. The number of aromatic amines is 1. The van der Waals surface area contributed by atoms with Crippen LogP contribution in [0.4, 0.5) is 0 Å². The number of rotatable bonds is 5. The van der Waals surface area contributed by atoms with Crippen LogP contribution in [0.15, 0.2) is 18.2 Å². The first-order valence-electron chi connectivity index (χ1n) is 5.78. The van der Waals surface area contributed by atoms with Crippen LogP contribution in [0.25, 0.3) is 11.4 Å². The number of aromatic carboxylic acids is 2. The van der Waals surface area contributed by atoms with E-state index in [-0.39, 0.29) is 27.3 Å². The number of carbonyl (C=O) groups is 3. The van der Waals surface area contributed by atoms with Gasteiger partial charge in [0.1, 0.15) is 6.54 Å². The van der Waals surface area contributed by atoms with Crippen LogP contribution in [0.2, 0.25) is 0 Å². The van der Waals surface area contributed by atoms with E-state index in [9.17, 15) is 14.4 Å². The van der Waals surface area contributed by atoms with Gasteiger partial charge in [0.15, 0.2) is 10.6 Å². The minimum atomic E-state index is -1.32. The molecule has 1 aromatic heterocycles. The summed E-state index contributed by atoms with van der Waals surface area (Å²) in [7, 11) is 0. The molecule has 0 aliphatic carbocycles. The minimum absolute atomic E-state index is 0.0232. The van der Waals surface area contributed by atoms with E-state index in [1.54, 1.807) is 0 Å². The van der Waals surface area contributed by atoms with Gasteiger partial charge in [0.25, 0.3) is 0 Å². The van der Waals surface area contributed by atoms with E-state index in [2.05, 4.69) is 10.2 Å². The third-order valence-electron chi connectivity index (χ3n) is 2.74. The molecule has 1 aromatic carbocycles. The second kappa shape index (κ2) is 5.77. The highest BCUT2D eigenvalue weighted by Crippen LogP contribution is 2.21. The van der Waals surface area contributed by atoms with Gasteiger partial charge in [-0.25, -0.2) is 9.59 Å². The summed E-state index contributed by atoms with van der Waals surface area (Å²) >= 11 is 4.91. The Morgan fingerprint density at radius 2 is 1.64 bits per heavy atom. The molecule has 0 unspecified atom stereocenters. The lowest BCUT2D eigenvalue weighted by atomic mass is 10.0. The molecule has 10 heteroatoms. The Hall–Kier alpha value is -3.01. The Kier molecular flexibility index (Phi) is 4.04. The molecule has 4 N–H and O–H groups in total. The fourth-order valence-electron chi connectivity index (χ4n) is 1.82. The van der Waals surface area contributed by atoms with Crippen molar-refractivity contribution in [3.63, 3.8) is 0 Å². The summed E-state index contributed by atoms with van der Waals surface area (Å²) < 4.78 is 1.15. The number of carboxylic acid groups (broad SMARTS) is 3. The first-order valence-corrected chi connectivity index (χ1v) is 6.19. The molecule has 0 amide bonds. The molecule has 0 aliphatic heterocycles. The van der Waals surface area contributed by atoms with Crippen LogP contribution in [0, 0.1) is 4.77 Å². The predicted octanol–water partition coefficient (Wildman–Crippen LogP) is 1.09. The van der Waals surface area contributed by atoms with E-state index >= 15 is 0 Å². The maximum absolute atomic E-state index is 11.1. The van der Waals surface area contributed by atoms with E-state index in [0.29, 0.717) is 0 Å². The Labute approximate surface area is 127 Å². The highest BCUT2D eigenvalue weighted by Gasteiger charge is 2.17. The van der Waals surface area contributed by atoms with Crippen LogP contribution in [-0.2, 0) is 11.3 Å². The SMILES string of the molecule is O=C(O)Cn1c(-c2cc(C(=O)O)cc(C(=O)O)c2)n[nH]c1=S. The van der Waals surface area contributed by atoms with Crippen LogP contribution >= 0.6 is 12.2 Å². The summed E-state index contributed by atoms with van der Waals surface area (Å²) in [6.07, 6.45) is 0. The predicted molar refractivity (Wildman–Crippen MR) is 74.4 cm³/mol. The van der Waals surface area contributed by atoms with Crippen molar-refractivity contribution in [2.75, 3.05) is 0 Å². The molecule has 9 nitrogen and oxygen atoms in total. The molecule has 0 saturated carbocycles. The second-order valence-electron chi connectivity index (χ2n) is 4.24. The molecule has 0 spiro atoms. The van der Waals surface area contributed by atoms with E-state index < -0.39 is 24.5 Å². The number of hydrogen-bond donors (Lipinski definition) is 4. The molecule has 0 radical (unpaired) electrons. The average molecular weight is 323 g/mol. The number of aliphatic carboxylic acids is 1. The number of nitrogens with one attached hydrogen (secondary N) is 1. The van der Waals surface area contributed by atoms with E-state index in [0.717, 1.165) is 10.6 Å². The van der Waals surface area contributed by atoms with Crippen molar-refractivity contribution in [3.8, 4) is 11.4 Å². The van der Waals surface area contributed by atoms with Gasteiger partial charge in [0.05, 0.1) is 11.1 Å². The quantitative estimate of drug-likeness (QED) is 0.598. The van der Waals surface area contributed by atoms with Crippen molar-refractivity contribution in [2.45, 2.75) is 6.54 Å². The van der Waals surface area contributed by atoms with Crippen LogP contribution in [0.1, 0.15) is 20.7 Å². The van der Waals surface area contributed by atoms with Crippen LogP contribution in [-0.4, -0.2) is 48.0 Å². The number of nitrogens with zero attached hydrogens (tertiary/aromatic N) is 2. The molecule has 0 fully saturated rings. The van der Waals surface area contributed by atoms with Gasteiger partial charge in [-0.3, -0.25) is 14.5 Å². The van der Waals surface area contributed by atoms with Crippen molar-refractivity contribution in [2.24, 2.45) is 0 Å². The van der Waals surface area contributed by atoms with Crippen molar-refractivity contribution >= 4 is 30.1 Å². The van der Waals surface area contributed by atoms with E-state index in [1.807, 2.05) is 0 Å². The molecule has 1 heterocycles. The maximum Gasteiger partial charge on any atom is 0.335 e. The maximum atomic E-state index is 11.1. The van der Waals surface area contributed by atoms with Gasteiger partial charge in [-0.1, -0.05) is 0 Å². The van der Waals surface area contributed by atoms with Gasteiger partial charge in [0, 0.05) is 5.56 Å². The van der Waals surface area contributed by atoms with Crippen molar-refractivity contribution in [3.05, 3.63) is 34.1 Å². The number of hydrogen-bond acceptors (Lipinski definition) is 5. The largest absolute Gasteiger partial charge is 0.480 e. The lowest BCUT2D eigenvalue weighted by Crippen LogP contribution is -2.11. The summed E-state index contributed by atoms with van der Waals surface area (Å²) in [4.78, 5) is 33.0. The standard InChI is InChI=1S/C12H9N3O6S/c16-8(17)4-15-9(13-14-12(15)22)5-1-6(10(18)19)3-7(2-5)11(20)21/h1-3H,4H2,(H,14,22)(H,16,17)(H,18,19)(H,20,21). The van der Waals surface area contributed by atoms with Gasteiger partial charge in [-0.2, -0.15) is 5.10 Å². The van der Waals surface area contributed by atoms with Crippen LogP contribution < -0.4 is 0 Å². The Morgan fingerprint density at radius 3 is 2.09 bits per heavy atom. The molecule has 114 valence electrons. The molecule has 0 atom stereocenters. The van der Waals surface area contributed by atoms with Gasteiger partial charge in [-0.15, -0.1) is 0 Å². The zero-order valence-electron chi connectivity index (χ0n) is 10.8. The average Bonchev–Trinajstić information content (AvgIpc) is 2.79. The first kappa shape index (κ1) is 15.4. The zero-order valence-corrected chi connectivity index (χ0v) is 11.6. The second-order valence-corrected chi connectivity index (χ2v) is 4.63. The molecule has 0 saturated heterocycles. The highest BCUT2D eigenvalue weighted by molar-refractivity contribution is 7.71. The van der Waals surface area contributed by atoms with Crippen LogP contribution in [0.5, 0.6) is 0 Å². The molecule has 22 heavy (non-hydrogen) atoms. The summed E-state index contributed by atoms with van der Waals surface area (Å²) in [5.74, 6) is -3.77. The molecular weight excluding hydrogens is 314 g/mol. The Bertz CT molecular complexity index is 805. The molecule has 2 rings (SSSR count). The van der Waals surface area contributed by atoms with E-state index in [4.69, 9.17) is 27.5 Å². The normalized spacial score (nSPS) is 10.4. The van der Waals surface area contributed by atoms with E-state index in [1.165, 1.54) is 12.1 Å². The van der Waals surface area contributed by atoms with Crippen molar-refractivity contribution < 1.29 is 29.7 Å². The van der Waals surface area contributed by atoms with Gasteiger partial charge < -0.3 is 15.3 Å². The number of H-pyrrole nitrogens is 1. The third kappa shape index (κ3) is 3.01. The molecule has 0 bridgehead atoms. The number of aromatic nitrogens is 3. The van der Waals surface area contributed by atoms with Crippen molar-refractivity contribution in [1.82, 2.24) is 14.8 Å². The molecule has 0 aliphatic rings.